The fourth-order valence-corrected chi connectivity index (χ4v) is 1.90. The molecule has 0 aliphatic heterocycles. The van der Waals surface area contributed by atoms with Gasteiger partial charge in [-0.15, -0.1) is 0 Å². The Morgan fingerprint density at radius 2 is 2.12 bits per heavy atom. The van der Waals surface area contributed by atoms with Crippen molar-refractivity contribution in [1.29, 1.82) is 0 Å². The van der Waals surface area contributed by atoms with E-state index in [4.69, 9.17) is 0 Å². The van der Waals surface area contributed by atoms with Gasteiger partial charge in [0.2, 0.25) is 0 Å². The summed E-state index contributed by atoms with van der Waals surface area (Å²) in [5.41, 5.74) is 2.21. The maximum absolute atomic E-state index is 9.72. The van der Waals surface area contributed by atoms with Crippen molar-refractivity contribution in [2.45, 2.75) is 13.0 Å². The van der Waals surface area contributed by atoms with E-state index in [0.717, 1.165) is 10.2 Å². The Kier molecular flexibility index (Phi) is 5.25. The zero-order chi connectivity index (χ0) is 12.1. The van der Waals surface area contributed by atoms with Gasteiger partial charge in [0.05, 0.1) is 6.10 Å². The number of hydrogen-bond acceptors (Lipinski definition) is 3. The van der Waals surface area contributed by atoms with Gasteiger partial charge in [-0.2, -0.15) is 0 Å². The molecular weight excluding hydrogens is 268 g/mol. The zero-order valence-corrected chi connectivity index (χ0v) is 11.6. The molecule has 0 radical (unpaired) electrons. The highest BCUT2D eigenvalue weighted by atomic mass is 79.9. The lowest BCUT2D eigenvalue weighted by Crippen LogP contribution is -2.31. The van der Waals surface area contributed by atoms with Gasteiger partial charge in [-0.25, -0.2) is 0 Å². The van der Waals surface area contributed by atoms with Gasteiger partial charge in [-0.3, -0.25) is 0 Å². The van der Waals surface area contributed by atoms with Gasteiger partial charge in [0.15, 0.2) is 0 Å². The number of nitrogens with one attached hydrogen (secondary N) is 1. The fourth-order valence-electron chi connectivity index (χ4n) is 1.50. The second kappa shape index (κ2) is 6.23. The summed E-state index contributed by atoms with van der Waals surface area (Å²) in [4.78, 5) is 1.97. The van der Waals surface area contributed by atoms with Crippen LogP contribution in [0.15, 0.2) is 22.7 Å². The van der Waals surface area contributed by atoms with Crippen LogP contribution in [-0.4, -0.2) is 43.3 Å². The molecule has 0 aromatic heterocycles. The third-order valence-electron chi connectivity index (χ3n) is 2.30. The Hall–Kier alpha value is -0.580. The van der Waals surface area contributed by atoms with E-state index in [1.807, 2.05) is 44.1 Å². The fraction of sp³-hybridized carbons (Fsp3) is 0.500. The molecule has 1 rings (SSSR count). The summed E-state index contributed by atoms with van der Waals surface area (Å²) in [7, 11) is 3.90. The molecule has 1 aromatic carbocycles. The second-order valence-electron chi connectivity index (χ2n) is 4.23. The standard InChI is InChI=1S/C12H19BrN2O/c1-9-5-4-6-11(12(9)13)14-7-10(16)8-15(2)3/h4-6,10,14,16H,7-8H2,1-3H3. The summed E-state index contributed by atoms with van der Waals surface area (Å²) in [6.45, 7) is 3.27. The topological polar surface area (TPSA) is 35.5 Å². The first-order valence-corrected chi connectivity index (χ1v) is 6.11. The van der Waals surface area contributed by atoms with Crippen LogP contribution in [0.2, 0.25) is 0 Å². The number of benzene rings is 1. The van der Waals surface area contributed by atoms with Gasteiger partial charge in [-0.1, -0.05) is 12.1 Å². The lowest BCUT2D eigenvalue weighted by atomic mass is 10.2. The smallest absolute Gasteiger partial charge is 0.0838 e. The van der Waals surface area contributed by atoms with Gasteiger partial charge in [0.25, 0.3) is 0 Å². The summed E-state index contributed by atoms with van der Waals surface area (Å²) >= 11 is 3.53. The SMILES string of the molecule is Cc1cccc(NCC(O)CN(C)C)c1Br. The van der Waals surface area contributed by atoms with E-state index >= 15 is 0 Å². The summed E-state index contributed by atoms with van der Waals surface area (Å²) in [5, 5.41) is 13.0. The minimum absolute atomic E-state index is 0.359. The number of halogens is 1. The monoisotopic (exact) mass is 286 g/mol. The summed E-state index contributed by atoms with van der Waals surface area (Å²) < 4.78 is 1.06. The van der Waals surface area contributed by atoms with Crippen molar-refractivity contribution >= 4 is 21.6 Å². The Labute approximate surface area is 106 Å². The van der Waals surface area contributed by atoms with Crippen molar-refractivity contribution in [3.8, 4) is 0 Å². The number of likely N-dealkylation sites (N-methyl/N-ethyl adjacent to an activating group) is 1. The molecule has 16 heavy (non-hydrogen) atoms. The lowest BCUT2D eigenvalue weighted by Gasteiger charge is -2.18. The maximum atomic E-state index is 9.72. The van der Waals surface area contributed by atoms with Gasteiger partial charge in [0, 0.05) is 23.2 Å². The number of aliphatic hydroxyl groups is 1. The van der Waals surface area contributed by atoms with Crippen LogP contribution < -0.4 is 5.32 Å². The maximum Gasteiger partial charge on any atom is 0.0838 e. The van der Waals surface area contributed by atoms with E-state index in [0.29, 0.717) is 13.1 Å². The third kappa shape index (κ3) is 4.12. The first kappa shape index (κ1) is 13.5. The Morgan fingerprint density at radius 1 is 1.44 bits per heavy atom. The van der Waals surface area contributed by atoms with Crippen molar-refractivity contribution in [1.82, 2.24) is 4.90 Å². The number of aliphatic hydroxyl groups excluding tert-OH is 1. The average molecular weight is 287 g/mol. The third-order valence-corrected chi connectivity index (χ3v) is 3.35. The van der Waals surface area contributed by atoms with Crippen molar-refractivity contribution < 1.29 is 5.11 Å². The molecule has 3 nitrogen and oxygen atoms in total. The average Bonchev–Trinajstić information content (AvgIpc) is 2.19. The minimum atomic E-state index is -0.359. The Morgan fingerprint density at radius 3 is 2.75 bits per heavy atom. The molecule has 0 heterocycles. The van der Waals surface area contributed by atoms with Gasteiger partial charge >= 0.3 is 0 Å². The van der Waals surface area contributed by atoms with Crippen LogP contribution in [-0.2, 0) is 0 Å². The number of hydrogen-bond donors (Lipinski definition) is 2. The Bertz CT molecular complexity index is 342. The van der Waals surface area contributed by atoms with Crippen LogP contribution in [0.3, 0.4) is 0 Å². The van der Waals surface area contributed by atoms with Gasteiger partial charge < -0.3 is 15.3 Å². The van der Waals surface area contributed by atoms with Gasteiger partial charge in [-0.05, 0) is 48.6 Å². The highest BCUT2D eigenvalue weighted by molar-refractivity contribution is 9.10. The highest BCUT2D eigenvalue weighted by Gasteiger charge is 2.07. The quantitative estimate of drug-likeness (QED) is 0.870. The number of anilines is 1. The van der Waals surface area contributed by atoms with Gasteiger partial charge in [0.1, 0.15) is 0 Å². The van der Waals surface area contributed by atoms with Crippen molar-refractivity contribution in [3.05, 3.63) is 28.2 Å². The summed E-state index contributed by atoms with van der Waals surface area (Å²) in [5.74, 6) is 0. The van der Waals surface area contributed by atoms with Crippen LogP contribution in [0.4, 0.5) is 5.69 Å². The second-order valence-corrected chi connectivity index (χ2v) is 5.03. The molecule has 1 unspecified atom stereocenters. The van der Waals surface area contributed by atoms with Crippen LogP contribution in [0.1, 0.15) is 5.56 Å². The Balaban J connectivity index is 2.51. The van der Waals surface area contributed by atoms with E-state index < -0.39 is 0 Å². The number of rotatable bonds is 5. The predicted molar refractivity (Wildman–Crippen MR) is 71.9 cm³/mol. The van der Waals surface area contributed by atoms with E-state index in [2.05, 4.69) is 21.2 Å². The largest absolute Gasteiger partial charge is 0.390 e. The van der Waals surface area contributed by atoms with Crippen LogP contribution in [0.5, 0.6) is 0 Å². The van der Waals surface area contributed by atoms with E-state index in [-0.39, 0.29) is 6.10 Å². The van der Waals surface area contributed by atoms with Crippen molar-refractivity contribution in [2.75, 3.05) is 32.5 Å². The number of aryl methyl sites for hydroxylation is 1. The summed E-state index contributed by atoms with van der Waals surface area (Å²) in [6.07, 6.45) is -0.359. The molecule has 1 atom stereocenters. The molecule has 90 valence electrons. The molecule has 0 bridgehead atoms. The molecule has 0 aliphatic carbocycles. The van der Waals surface area contributed by atoms with Crippen molar-refractivity contribution in [2.24, 2.45) is 0 Å². The van der Waals surface area contributed by atoms with E-state index in [1.165, 1.54) is 5.56 Å². The molecule has 1 aromatic rings. The first-order valence-electron chi connectivity index (χ1n) is 5.32. The molecule has 0 spiro atoms. The highest BCUT2D eigenvalue weighted by Crippen LogP contribution is 2.25. The molecule has 0 saturated carbocycles. The zero-order valence-electron chi connectivity index (χ0n) is 10.00. The molecule has 0 aliphatic rings. The normalized spacial score (nSPS) is 12.9. The van der Waals surface area contributed by atoms with E-state index in [9.17, 15) is 5.11 Å². The molecule has 0 fully saturated rings. The van der Waals surface area contributed by atoms with Crippen LogP contribution in [0.25, 0.3) is 0 Å². The van der Waals surface area contributed by atoms with E-state index in [1.54, 1.807) is 0 Å². The molecule has 4 heteroatoms. The lowest BCUT2D eigenvalue weighted by molar-refractivity contribution is 0.148. The van der Waals surface area contributed by atoms with Crippen LogP contribution >= 0.6 is 15.9 Å². The molecular formula is C12H19BrN2O. The predicted octanol–water partition coefficient (Wildman–Crippen LogP) is 2.09. The van der Waals surface area contributed by atoms with Crippen LogP contribution in [0, 0.1) is 6.92 Å². The molecule has 2 N–H and O–H groups in total. The first-order chi connectivity index (χ1) is 7.50. The molecule has 0 amide bonds. The number of nitrogens with zero attached hydrogens (tertiary/aromatic N) is 1. The summed E-state index contributed by atoms with van der Waals surface area (Å²) in [6, 6.07) is 6.05. The van der Waals surface area contributed by atoms with Crippen molar-refractivity contribution in [3.63, 3.8) is 0 Å². The minimum Gasteiger partial charge on any atom is -0.390 e. The molecule has 0 saturated heterocycles.